The number of rotatable bonds is 3. The van der Waals surface area contributed by atoms with Gasteiger partial charge >= 0.3 is 0 Å². The Hall–Kier alpha value is -1.91. The van der Waals surface area contributed by atoms with E-state index in [2.05, 4.69) is 20.6 Å². The minimum absolute atomic E-state index is 0.666. The predicted molar refractivity (Wildman–Crippen MR) is 52.6 cm³/mol. The van der Waals surface area contributed by atoms with Gasteiger partial charge in [-0.15, -0.1) is 5.10 Å². The maximum Gasteiger partial charge on any atom is 0.102 e. The average Bonchev–Trinajstić information content (AvgIpc) is 2.63. The molecule has 2 aromatic rings. The van der Waals surface area contributed by atoms with Crippen LogP contribution < -0.4 is 5.32 Å². The van der Waals surface area contributed by atoms with Crippen LogP contribution in [0.25, 0.3) is 0 Å². The zero-order chi connectivity index (χ0) is 9.80. The molecule has 5 heteroatoms. The van der Waals surface area contributed by atoms with Crippen LogP contribution in [0.2, 0.25) is 0 Å². The topological polar surface area (TPSA) is 55.6 Å². The van der Waals surface area contributed by atoms with E-state index in [4.69, 9.17) is 0 Å². The number of nitrogens with one attached hydrogen (secondary N) is 1. The van der Waals surface area contributed by atoms with E-state index in [1.54, 1.807) is 17.1 Å². The molecule has 0 fully saturated rings. The summed E-state index contributed by atoms with van der Waals surface area (Å²) in [5.41, 5.74) is 1.90. The molecule has 0 saturated heterocycles. The second-order valence-electron chi connectivity index (χ2n) is 2.98. The second kappa shape index (κ2) is 3.87. The van der Waals surface area contributed by atoms with Crippen molar-refractivity contribution in [2.45, 2.75) is 6.54 Å². The lowest BCUT2D eigenvalue weighted by atomic mass is 10.4. The van der Waals surface area contributed by atoms with Crippen LogP contribution in [0.3, 0.4) is 0 Å². The lowest BCUT2D eigenvalue weighted by molar-refractivity contribution is 0.713. The average molecular weight is 189 g/mol. The van der Waals surface area contributed by atoms with E-state index in [1.807, 2.05) is 25.4 Å². The molecule has 0 spiro atoms. The summed E-state index contributed by atoms with van der Waals surface area (Å²) in [5, 5.41) is 11.0. The summed E-state index contributed by atoms with van der Waals surface area (Å²) in [5.74, 6) is 0. The molecule has 0 radical (unpaired) electrons. The molecule has 0 aliphatic carbocycles. The Morgan fingerprint density at radius 2 is 2.43 bits per heavy atom. The Bertz CT molecular complexity index is 395. The second-order valence-corrected chi connectivity index (χ2v) is 2.98. The van der Waals surface area contributed by atoms with Crippen molar-refractivity contribution in [2.24, 2.45) is 7.05 Å². The maximum atomic E-state index is 4.00. The maximum absolute atomic E-state index is 4.00. The summed E-state index contributed by atoms with van der Waals surface area (Å²) in [7, 11) is 1.85. The third-order valence-electron chi connectivity index (χ3n) is 1.79. The van der Waals surface area contributed by atoms with E-state index >= 15 is 0 Å². The summed E-state index contributed by atoms with van der Waals surface area (Å²) >= 11 is 0. The molecule has 0 aromatic carbocycles. The van der Waals surface area contributed by atoms with Gasteiger partial charge < -0.3 is 5.32 Å². The molecule has 0 unspecified atom stereocenters. The van der Waals surface area contributed by atoms with Gasteiger partial charge in [0.05, 0.1) is 12.2 Å². The van der Waals surface area contributed by atoms with Crippen LogP contribution >= 0.6 is 0 Å². The first-order valence-electron chi connectivity index (χ1n) is 4.34. The van der Waals surface area contributed by atoms with Crippen molar-refractivity contribution in [3.8, 4) is 0 Å². The van der Waals surface area contributed by atoms with Crippen LogP contribution in [0, 0.1) is 0 Å². The van der Waals surface area contributed by atoms with Gasteiger partial charge in [0.2, 0.25) is 0 Å². The lowest BCUT2D eigenvalue weighted by Crippen LogP contribution is -1.99. The first-order valence-corrected chi connectivity index (χ1v) is 4.34. The highest BCUT2D eigenvalue weighted by atomic mass is 15.4. The lowest BCUT2D eigenvalue weighted by Gasteiger charge is -2.01. The molecule has 72 valence electrons. The molecule has 2 aromatic heterocycles. The smallest absolute Gasteiger partial charge is 0.102 e. The van der Waals surface area contributed by atoms with Crippen LogP contribution in [-0.2, 0) is 13.6 Å². The van der Waals surface area contributed by atoms with Gasteiger partial charge in [0.1, 0.15) is 5.69 Å². The number of hydrogen-bond donors (Lipinski definition) is 1. The minimum Gasteiger partial charge on any atom is -0.378 e. The van der Waals surface area contributed by atoms with Crippen molar-refractivity contribution >= 4 is 5.69 Å². The minimum atomic E-state index is 0.666. The Balaban J connectivity index is 1.95. The number of anilines is 1. The van der Waals surface area contributed by atoms with Gasteiger partial charge in [-0.3, -0.25) is 9.67 Å². The third-order valence-corrected chi connectivity index (χ3v) is 1.79. The quantitative estimate of drug-likeness (QED) is 0.776. The molecule has 0 bridgehead atoms. The molecule has 0 aliphatic rings. The Morgan fingerprint density at radius 1 is 1.50 bits per heavy atom. The number of aryl methyl sites for hydroxylation is 1. The molecule has 2 rings (SSSR count). The molecule has 14 heavy (non-hydrogen) atoms. The van der Waals surface area contributed by atoms with E-state index < -0.39 is 0 Å². The van der Waals surface area contributed by atoms with Gasteiger partial charge in [-0.25, -0.2) is 0 Å². The molecule has 2 heterocycles. The van der Waals surface area contributed by atoms with E-state index in [9.17, 15) is 0 Å². The molecule has 0 saturated carbocycles. The predicted octanol–water partition coefficient (Wildman–Crippen LogP) is 0.822. The summed E-state index contributed by atoms with van der Waals surface area (Å²) in [6.07, 6.45) is 5.40. The van der Waals surface area contributed by atoms with Gasteiger partial charge in [0.15, 0.2) is 0 Å². The highest BCUT2D eigenvalue weighted by Gasteiger charge is 1.97. The van der Waals surface area contributed by atoms with Crippen LogP contribution in [0.15, 0.2) is 30.7 Å². The van der Waals surface area contributed by atoms with Crippen molar-refractivity contribution in [3.05, 3.63) is 36.4 Å². The van der Waals surface area contributed by atoms with Gasteiger partial charge in [0.25, 0.3) is 0 Å². The zero-order valence-corrected chi connectivity index (χ0v) is 7.88. The fourth-order valence-electron chi connectivity index (χ4n) is 1.14. The van der Waals surface area contributed by atoms with E-state index in [1.165, 1.54) is 0 Å². The Kier molecular flexibility index (Phi) is 2.40. The Morgan fingerprint density at radius 3 is 3.07 bits per heavy atom. The van der Waals surface area contributed by atoms with Crippen LogP contribution in [0.4, 0.5) is 5.69 Å². The largest absolute Gasteiger partial charge is 0.378 e. The van der Waals surface area contributed by atoms with Gasteiger partial charge in [-0.2, -0.15) is 0 Å². The number of pyridine rings is 1. The molecule has 5 nitrogen and oxygen atoms in total. The third kappa shape index (κ3) is 2.07. The van der Waals surface area contributed by atoms with E-state index in [-0.39, 0.29) is 0 Å². The molecule has 0 amide bonds. The van der Waals surface area contributed by atoms with Crippen LogP contribution in [0.1, 0.15) is 5.69 Å². The van der Waals surface area contributed by atoms with Crippen LogP contribution in [-0.4, -0.2) is 20.0 Å². The standard InChI is InChI=1S/C9H11N5/c1-14-7-9(12-13-14)6-11-8-3-2-4-10-5-8/h2-5,7,11H,6H2,1H3. The van der Waals surface area contributed by atoms with Gasteiger partial charge in [-0.1, -0.05) is 5.21 Å². The van der Waals surface area contributed by atoms with Gasteiger partial charge in [-0.05, 0) is 12.1 Å². The van der Waals surface area contributed by atoms with Crippen molar-refractivity contribution < 1.29 is 0 Å². The fourth-order valence-corrected chi connectivity index (χ4v) is 1.14. The number of nitrogens with zero attached hydrogens (tertiary/aromatic N) is 4. The highest BCUT2D eigenvalue weighted by Crippen LogP contribution is 2.04. The van der Waals surface area contributed by atoms with Crippen molar-refractivity contribution in [1.82, 2.24) is 20.0 Å². The molecule has 0 aliphatic heterocycles. The molecular weight excluding hydrogens is 178 g/mol. The molecule has 0 atom stereocenters. The first kappa shape index (κ1) is 8.68. The monoisotopic (exact) mass is 189 g/mol. The fraction of sp³-hybridized carbons (Fsp3) is 0.222. The van der Waals surface area contributed by atoms with Crippen molar-refractivity contribution in [3.63, 3.8) is 0 Å². The molecular formula is C9H11N5. The summed E-state index contributed by atoms with van der Waals surface area (Å²) in [4.78, 5) is 4.00. The zero-order valence-electron chi connectivity index (χ0n) is 7.88. The summed E-state index contributed by atoms with van der Waals surface area (Å²) in [6, 6.07) is 3.85. The SMILES string of the molecule is Cn1cc(CNc2cccnc2)nn1. The number of aromatic nitrogens is 4. The summed E-state index contributed by atoms with van der Waals surface area (Å²) < 4.78 is 1.68. The first-order chi connectivity index (χ1) is 6.84. The summed E-state index contributed by atoms with van der Waals surface area (Å²) in [6.45, 7) is 0.666. The van der Waals surface area contributed by atoms with Crippen molar-refractivity contribution in [2.75, 3.05) is 5.32 Å². The Labute approximate surface area is 81.8 Å². The normalized spacial score (nSPS) is 10.1. The van der Waals surface area contributed by atoms with Crippen LogP contribution in [0.5, 0.6) is 0 Å². The number of hydrogen-bond acceptors (Lipinski definition) is 4. The molecule has 1 N–H and O–H groups in total. The van der Waals surface area contributed by atoms with E-state index in [0.717, 1.165) is 11.4 Å². The van der Waals surface area contributed by atoms with Crippen molar-refractivity contribution in [1.29, 1.82) is 0 Å². The van der Waals surface area contributed by atoms with E-state index in [0.29, 0.717) is 6.54 Å². The highest BCUT2D eigenvalue weighted by molar-refractivity contribution is 5.39. The van der Waals surface area contributed by atoms with Gasteiger partial charge in [0, 0.05) is 25.6 Å².